The van der Waals surface area contributed by atoms with E-state index in [0.717, 1.165) is 24.5 Å². The number of aliphatic hydroxyl groups excluding tert-OH is 1. The summed E-state index contributed by atoms with van der Waals surface area (Å²) in [5.74, 6) is 0.341. The number of aliphatic hydroxyl groups is 1. The van der Waals surface area contributed by atoms with E-state index in [-0.39, 0.29) is 6.10 Å². The Morgan fingerprint density at radius 3 is 2.87 bits per heavy atom. The van der Waals surface area contributed by atoms with E-state index >= 15 is 0 Å². The SMILES string of the molecule is CN1C[C@H](Cc2cccc(Cl)c2)[C@@H](O)C1. The van der Waals surface area contributed by atoms with Crippen LogP contribution in [0.5, 0.6) is 0 Å². The molecule has 1 N–H and O–H groups in total. The highest BCUT2D eigenvalue weighted by Crippen LogP contribution is 2.21. The van der Waals surface area contributed by atoms with E-state index in [0.29, 0.717) is 5.92 Å². The van der Waals surface area contributed by atoms with Gasteiger partial charge in [0.2, 0.25) is 0 Å². The lowest BCUT2D eigenvalue weighted by molar-refractivity contribution is 0.143. The van der Waals surface area contributed by atoms with Crippen LogP contribution in [0.15, 0.2) is 24.3 Å². The van der Waals surface area contributed by atoms with Gasteiger partial charge in [-0.2, -0.15) is 0 Å². The summed E-state index contributed by atoms with van der Waals surface area (Å²) in [5, 5.41) is 10.6. The van der Waals surface area contributed by atoms with Crippen molar-refractivity contribution in [2.24, 2.45) is 5.92 Å². The summed E-state index contributed by atoms with van der Waals surface area (Å²) in [7, 11) is 2.04. The molecule has 0 radical (unpaired) electrons. The number of β-amino-alcohol motifs (C(OH)–C–C–N with tert-alkyl or cyclic N) is 1. The molecule has 0 aromatic heterocycles. The number of hydrogen-bond donors (Lipinski definition) is 1. The number of hydrogen-bond acceptors (Lipinski definition) is 2. The molecule has 0 spiro atoms. The Labute approximate surface area is 95.5 Å². The second-order valence-electron chi connectivity index (χ2n) is 4.38. The molecule has 1 saturated heterocycles. The maximum Gasteiger partial charge on any atom is 0.0710 e. The van der Waals surface area contributed by atoms with Crippen molar-refractivity contribution in [3.05, 3.63) is 34.9 Å². The van der Waals surface area contributed by atoms with Crippen LogP contribution in [0.25, 0.3) is 0 Å². The summed E-state index contributed by atoms with van der Waals surface area (Å²) in [6.45, 7) is 1.75. The first-order chi connectivity index (χ1) is 7.15. The molecule has 0 unspecified atom stereocenters. The molecule has 1 heterocycles. The lowest BCUT2D eigenvalue weighted by Gasteiger charge is -2.13. The molecule has 1 aromatic rings. The van der Waals surface area contributed by atoms with Crippen molar-refractivity contribution in [1.29, 1.82) is 0 Å². The van der Waals surface area contributed by atoms with Crippen LogP contribution in [-0.4, -0.2) is 36.2 Å². The molecule has 2 nitrogen and oxygen atoms in total. The molecule has 0 saturated carbocycles. The Morgan fingerprint density at radius 2 is 2.27 bits per heavy atom. The van der Waals surface area contributed by atoms with Crippen LogP contribution in [0.1, 0.15) is 5.56 Å². The highest BCUT2D eigenvalue weighted by atomic mass is 35.5. The van der Waals surface area contributed by atoms with Gasteiger partial charge in [-0.05, 0) is 31.2 Å². The van der Waals surface area contributed by atoms with E-state index < -0.39 is 0 Å². The van der Waals surface area contributed by atoms with Crippen LogP contribution in [0.4, 0.5) is 0 Å². The van der Waals surface area contributed by atoms with E-state index in [1.807, 2.05) is 25.2 Å². The first kappa shape index (κ1) is 10.9. The Balaban J connectivity index is 2.03. The first-order valence-electron chi connectivity index (χ1n) is 5.26. The molecule has 1 aliphatic rings. The zero-order valence-electron chi connectivity index (χ0n) is 8.86. The smallest absolute Gasteiger partial charge is 0.0710 e. The summed E-state index contributed by atoms with van der Waals surface area (Å²) in [5.41, 5.74) is 1.21. The van der Waals surface area contributed by atoms with Crippen molar-refractivity contribution in [2.75, 3.05) is 20.1 Å². The summed E-state index contributed by atoms with van der Waals surface area (Å²) in [4.78, 5) is 2.17. The maximum atomic E-state index is 9.82. The molecule has 1 fully saturated rings. The Morgan fingerprint density at radius 1 is 1.47 bits per heavy atom. The molecule has 2 atom stereocenters. The van der Waals surface area contributed by atoms with Crippen molar-refractivity contribution >= 4 is 11.6 Å². The average Bonchev–Trinajstić information content (AvgIpc) is 2.45. The molecule has 0 bridgehead atoms. The summed E-state index contributed by atoms with van der Waals surface area (Å²) in [6, 6.07) is 7.88. The highest BCUT2D eigenvalue weighted by molar-refractivity contribution is 6.30. The van der Waals surface area contributed by atoms with E-state index in [9.17, 15) is 5.11 Å². The lowest BCUT2D eigenvalue weighted by Crippen LogP contribution is -2.19. The molecule has 1 aliphatic heterocycles. The third kappa shape index (κ3) is 2.71. The van der Waals surface area contributed by atoms with Gasteiger partial charge < -0.3 is 10.0 Å². The van der Waals surface area contributed by atoms with Crippen molar-refractivity contribution in [3.63, 3.8) is 0 Å². The number of likely N-dealkylation sites (N-methyl/N-ethyl adjacent to an activating group) is 1. The van der Waals surface area contributed by atoms with E-state index in [1.54, 1.807) is 0 Å². The Bertz CT molecular complexity index is 342. The van der Waals surface area contributed by atoms with Crippen molar-refractivity contribution in [2.45, 2.75) is 12.5 Å². The van der Waals surface area contributed by atoms with Gasteiger partial charge in [-0.15, -0.1) is 0 Å². The minimum Gasteiger partial charge on any atom is -0.391 e. The normalized spacial score (nSPS) is 27.1. The molecular weight excluding hydrogens is 210 g/mol. The number of rotatable bonds is 2. The largest absolute Gasteiger partial charge is 0.391 e. The lowest BCUT2D eigenvalue weighted by atomic mass is 9.97. The van der Waals surface area contributed by atoms with Crippen LogP contribution >= 0.6 is 11.6 Å². The zero-order valence-corrected chi connectivity index (χ0v) is 9.61. The Kier molecular flexibility index (Phi) is 3.29. The van der Waals surface area contributed by atoms with Crippen molar-refractivity contribution in [3.8, 4) is 0 Å². The highest BCUT2D eigenvalue weighted by Gasteiger charge is 2.28. The monoisotopic (exact) mass is 225 g/mol. The summed E-state index contributed by atoms with van der Waals surface area (Å²) in [6.07, 6.45) is 0.709. The molecule has 0 aliphatic carbocycles. The molecule has 3 heteroatoms. The molecule has 15 heavy (non-hydrogen) atoms. The molecular formula is C12H16ClNO. The van der Waals surface area contributed by atoms with Crippen molar-refractivity contribution < 1.29 is 5.11 Å². The quantitative estimate of drug-likeness (QED) is 0.830. The average molecular weight is 226 g/mol. The van der Waals surface area contributed by atoms with Crippen LogP contribution < -0.4 is 0 Å². The summed E-state index contributed by atoms with van der Waals surface area (Å²) < 4.78 is 0. The molecule has 82 valence electrons. The minimum atomic E-state index is -0.200. The van der Waals surface area contributed by atoms with Gasteiger partial charge in [0.15, 0.2) is 0 Å². The first-order valence-corrected chi connectivity index (χ1v) is 5.64. The fraction of sp³-hybridized carbons (Fsp3) is 0.500. The fourth-order valence-corrected chi connectivity index (χ4v) is 2.45. The van der Waals surface area contributed by atoms with Gasteiger partial charge >= 0.3 is 0 Å². The van der Waals surface area contributed by atoms with Gasteiger partial charge in [0.05, 0.1) is 6.10 Å². The molecule has 2 rings (SSSR count). The van der Waals surface area contributed by atoms with Crippen LogP contribution in [0, 0.1) is 5.92 Å². The number of nitrogens with zero attached hydrogens (tertiary/aromatic N) is 1. The Hall–Kier alpha value is -0.570. The molecule has 1 aromatic carbocycles. The van der Waals surface area contributed by atoms with Gasteiger partial charge in [0.1, 0.15) is 0 Å². The van der Waals surface area contributed by atoms with Crippen LogP contribution in [-0.2, 0) is 6.42 Å². The number of halogens is 1. The second kappa shape index (κ2) is 4.52. The van der Waals surface area contributed by atoms with E-state index in [1.165, 1.54) is 5.56 Å². The molecule has 0 amide bonds. The van der Waals surface area contributed by atoms with Gasteiger partial charge in [-0.1, -0.05) is 23.7 Å². The van der Waals surface area contributed by atoms with Crippen molar-refractivity contribution in [1.82, 2.24) is 4.90 Å². The van der Waals surface area contributed by atoms with E-state index in [4.69, 9.17) is 11.6 Å². The predicted molar refractivity (Wildman–Crippen MR) is 62.1 cm³/mol. The number of likely N-dealkylation sites (tertiary alicyclic amines) is 1. The van der Waals surface area contributed by atoms with Gasteiger partial charge in [0, 0.05) is 24.0 Å². The van der Waals surface area contributed by atoms with Gasteiger partial charge in [-0.3, -0.25) is 0 Å². The van der Waals surface area contributed by atoms with Crippen LogP contribution in [0.3, 0.4) is 0 Å². The van der Waals surface area contributed by atoms with Gasteiger partial charge in [-0.25, -0.2) is 0 Å². The maximum absolute atomic E-state index is 9.82. The third-order valence-electron chi connectivity index (χ3n) is 2.98. The number of benzene rings is 1. The van der Waals surface area contributed by atoms with Crippen LogP contribution in [0.2, 0.25) is 5.02 Å². The fourth-order valence-electron chi connectivity index (χ4n) is 2.23. The predicted octanol–water partition coefficient (Wildman–Crippen LogP) is 1.81. The third-order valence-corrected chi connectivity index (χ3v) is 3.21. The van der Waals surface area contributed by atoms with Gasteiger partial charge in [0.25, 0.3) is 0 Å². The summed E-state index contributed by atoms with van der Waals surface area (Å²) >= 11 is 5.92. The minimum absolute atomic E-state index is 0.200. The standard InChI is InChI=1S/C12H16ClNO/c1-14-7-10(12(15)8-14)5-9-3-2-4-11(13)6-9/h2-4,6,10,12,15H,5,7-8H2,1H3/t10-,12-/m0/s1. The van der Waals surface area contributed by atoms with E-state index in [2.05, 4.69) is 11.0 Å². The second-order valence-corrected chi connectivity index (χ2v) is 4.82. The zero-order chi connectivity index (χ0) is 10.8. The topological polar surface area (TPSA) is 23.5 Å².